The number of carboxylic acids is 1. The Morgan fingerprint density at radius 1 is 0.459 bits per heavy atom. The Bertz CT molecular complexity index is 2810. The van der Waals surface area contributed by atoms with Gasteiger partial charge in [-0.05, 0) is 143 Å². The van der Waals surface area contributed by atoms with Crippen molar-refractivity contribution in [3.8, 4) is 44.9 Å². The summed E-state index contributed by atoms with van der Waals surface area (Å²) in [6, 6.07) is 53.8. The molecule has 7 N–H and O–H groups in total. The van der Waals surface area contributed by atoms with E-state index in [1.165, 1.54) is 6.07 Å². The number of hydrogen-bond acceptors (Lipinski definition) is 6. The highest BCUT2D eigenvalue weighted by Crippen LogP contribution is 2.32. The van der Waals surface area contributed by atoms with Crippen molar-refractivity contribution in [2.75, 3.05) is 16.4 Å². The molecule has 0 amide bonds. The second-order valence-electron chi connectivity index (χ2n) is 14.0. The molecule has 0 aromatic heterocycles. The number of phenolic OH excluding ortho intramolecular Hbond substituents is 2. The Balaban J connectivity index is 0.000000157. The zero-order chi connectivity index (χ0) is 43.5. The van der Waals surface area contributed by atoms with Crippen molar-refractivity contribution in [3.05, 3.63) is 208 Å². The molecule has 0 heterocycles. The molecule has 0 radical (unpaired) electrons. The van der Waals surface area contributed by atoms with E-state index >= 15 is 0 Å². The lowest BCUT2D eigenvalue weighted by atomic mass is 10.0. The minimum absolute atomic E-state index is 0.0999. The number of anilines is 5. The van der Waals surface area contributed by atoms with E-state index < -0.39 is 5.97 Å². The maximum Gasteiger partial charge on any atom is 0.337 e. The molecular weight excluding hydrogens is 825 g/mol. The average molecular weight is 867 g/mol. The van der Waals surface area contributed by atoms with Crippen LogP contribution in [0.5, 0.6) is 11.5 Å². The number of hydrogen-bond donors (Lipinski definition) is 6. The lowest BCUT2D eigenvalue weighted by molar-refractivity contribution is 0.0698. The largest absolute Gasteiger partial charge is 0.508 e. The minimum Gasteiger partial charge on any atom is -0.508 e. The molecule has 8 aromatic rings. The standard InChI is InChI=1S/C19H14ClNO3.C19H16ClNO.C13H12ClN/c20-14-4-1-3-12(9-14)13-7-8-17(19(23)24)18(10-13)21-15-5-2-6-16(22)11-15;1-13-8-9-15(14-4-2-5-16(20)10-14)11-19(13)21-17-6-3-7-18(22)12-17;1-9-5-6-11(8-13(9)15)10-3-2-4-12(14)7-10/h1-11,21-22H,(H,23,24);2-12,21-22H,1H3;2-8H,15H2,1H3. The summed E-state index contributed by atoms with van der Waals surface area (Å²) in [5, 5.41) is 37.0. The van der Waals surface area contributed by atoms with Gasteiger partial charge in [-0.3, -0.25) is 0 Å². The number of aromatic carboxylic acids is 1. The van der Waals surface area contributed by atoms with Crippen LogP contribution in [-0.4, -0.2) is 21.3 Å². The van der Waals surface area contributed by atoms with Gasteiger partial charge in [0.25, 0.3) is 0 Å². The predicted octanol–water partition coefficient (Wildman–Crippen LogP) is 14.8. The Labute approximate surface area is 370 Å². The molecule has 0 aliphatic carbocycles. The molecular formula is C51H42Cl3N3O4. The van der Waals surface area contributed by atoms with Crippen molar-refractivity contribution in [2.45, 2.75) is 13.8 Å². The molecule has 0 spiro atoms. The van der Waals surface area contributed by atoms with Gasteiger partial charge in [0.1, 0.15) is 11.5 Å². The van der Waals surface area contributed by atoms with E-state index in [4.69, 9.17) is 40.5 Å². The number of benzene rings is 8. The molecule has 0 bridgehead atoms. The maximum absolute atomic E-state index is 11.5. The number of rotatable bonds is 8. The fourth-order valence-electron chi connectivity index (χ4n) is 6.25. The summed E-state index contributed by atoms with van der Waals surface area (Å²) in [7, 11) is 0. The molecule has 10 heteroatoms. The van der Waals surface area contributed by atoms with Gasteiger partial charge in [-0.2, -0.15) is 0 Å². The smallest absolute Gasteiger partial charge is 0.337 e. The topological polar surface area (TPSA) is 128 Å². The van der Waals surface area contributed by atoms with Gasteiger partial charge in [-0.25, -0.2) is 4.79 Å². The van der Waals surface area contributed by atoms with Crippen molar-refractivity contribution in [3.63, 3.8) is 0 Å². The zero-order valence-electron chi connectivity index (χ0n) is 33.2. The molecule has 0 fully saturated rings. The van der Waals surface area contributed by atoms with Crippen LogP contribution < -0.4 is 16.4 Å². The molecule has 0 unspecified atom stereocenters. The number of phenols is 2. The fraction of sp³-hybridized carbons (Fsp3) is 0.0392. The number of aryl methyl sites for hydroxylation is 2. The van der Waals surface area contributed by atoms with Crippen LogP contribution in [0.25, 0.3) is 33.4 Å². The first-order chi connectivity index (χ1) is 29.3. The summed E-state index contributed by atoms with van der Waals surface area (Å²) in [5.74, 6) is -0.688. The molecule has 0 saturated heterocycles. The maximum atomic E-state index is 11.5. The van der Waals surface area contributed by atoms with Crippen molar-refractivity contribution in [1.82, 2.24) is 0 Å². The monoisotopic (exact) mass is 865 g/mol. The average Bonchev–Trinajstić information content (AvgIpc) is 3.23. The summed E-state index contributed by atoms with van der Waals surface area (Å²) < 4.78 is 0. The van der Waals surface area contributed by atoms with Crippen molar-refractivity contribution >= 4 is 69.2 Å². The molecule has 0 aliphatic heterocycles. The van der Waals surface area contributed by atoms with E-state index in [0.717, 1.165) is 71.6 Å². The highest BCUT2D eigenvalue weighted by molar-refractivity contribution is 6.31. The van der Waals surface area contributed by atoms with E-state index in [1.54, 1.807) is 54.6 Å². The van der Waals surface area contributed by atoms with Gasteiger partial charge in [-0.1, -0.05) is 114 Å². The molecule has 0 saturated carbocycles. The number of carboxylic acid groups (broad SMARTS) is 1. The molecule has 306 valence electrons. The van der Waals surface area contributed by atoms with Crippen LogP contribution in [0.2, 0.25) is 15.1 Å². The first kappa shape index (κ1) is 43.7. The van der Waals surface area contributed by atoms with Crippen LogP contribution in [-0.2, 0) is 0 Å². The number of aromatic hydroxyl groups is 2. The molecule has 0 aliphatic rings. The number of nitrogens with two attached hydrogens (primary N) is 1. The summed E-state index contributed by atoms with van der Waals surface area (Å²) in [6.45, 7) is 4.05. The van der Waals surface area contributed by atoms with Gasteiger partial charge >= 0.3 is 5.97 Å². The highest BCUT2D eigenvalue weighted by Gasteiger charge is 2.13. The first-order valence-electron chi connectivity index (χ1n) is 19.1. The third-order valence-corrected chi connectivity index (χ3v) is 10.2. The lowest BCUT2D eigenvalue weighted by Crippen LogP contribution is -2.03. The number of nitrogens with one attached hydrogen (secondary N) is 2. The normalized spacial score (nSPS) is 10.4. The first-order valence-corrected chi connectivity index (χ1v) is 20.2. The Morgan fingerprint density at radius 3 is 1.30 bits per heavy atom. The molecule has 8 rings (SSSR count). The summed E-state index contributed by atoms with van der Waals surface area (Å²) in [5.41, 5.74) is 18.0. The number of halogens is 3. The second kappa shape index (κ2) is 20.4. The van der Waals surface area contributed by atoms with Gasteiger partial charge in [-0.15, -0.1) is 0 Å². The van der Waals surface area contributed by atoms with Crippen molar-refractivity contribution in [2.24, 2.45) is 0 Å². The molecule has 8 aromatic carbocycles. The predicted molar refractivity (Wildman–Crippen MR) is 254 cm³/mol. The molecule has 0 atom stereocenters. The third-order valence-electron chi connectivity index (χ3n) is 9.49. The zero-order valence-corrected chi connectivity index (χ0v) is 35.5. The van der Waals surface area contributed by atoms with E-state index in [2.05, 4.69) is 34.9 Å². The van der Waals surface area contributed by atoms with Crippen LogP contribution in [0.3, 0.4) is 0 Å². The van der Waals surface area contributed by atoms with E-state index in [0.29, 0.717) is 16.4 Å². The van der Waals surface area contributed by atoms with Gasteiger partial charge in [0.2, 0.25) is 0 Å². The summed E-state index contributed by atoms with van der Waals surface area (Å²) in [4.78, 5) is 11.5. The Morgan fingerprint density at radius 2 is 0.852 bits per heavy atom. The Kier molecular flexibility index (Phi) is 14.6. The number of nitrogen functional groups attached to an aromatic ring is 1. The molecule has 61 heavy (non-hydrogen) atoms. The van der Waals surface area contributed by atoms with Crippen molar-refractivity contribution < 1.29 is 20.1 Å². The summed E-state index contributed by atoms with van der Waals surface area (Å²) in [6.07, 6.45) is 0. The number of carbonyl (C=O) groups is 1. The van der Waals surface area contributed by atoms with Crippen LogP contribution >= 0.6 is 34.8 Å². The second-order valence-corrected chi connectivity index (χ2v) is 15.4. The van der Waals surface area contributed by atoms with Crippen LogP contribution in [0.15, 0.2) is 176 Å². The summed E-state index contributed by atoms with van der Waals surface area (Å²) >= 11 is 18.0. The van der Waals surface area contributed by atoms with Gasteiger partial charge in [0, 0.05) is 50.0 Å². The van der Waals surface area contributed by atoms with Crippen LogP contribution in [0.4, 0.5) is 28.4 Å². The highest BCUT2D eigenvalue weighted by atomic mass is 35.5. The fourth-order valence-corrected chi connectivity index (χ4v) is 6.82. The van der Waals surface area contributed by atoms with Gasteiger partial charge < -0.3 is 31.7 Å². The minimum atomic E-state index is -1.03. The SMILES string of the molecule is Cc1ccc(-c2cccc(Cl)c2)cc1N.Cc1ccc(-c2cccc(Cl)c2)cc1Nc1cccc(O)c1.O=C(O)c1ccc(-c2cccc(Cl)c2)cc1Nc1cccc(O)c1. The van der Waals surface area contributed by atoms with Crippen LogP contribution in [0.1, 0.15) is 21.5 Å². The van der Waals surface area contributed by atoms with Gasteiger partial charge in [0.15, 0.2) is 0 Å². The van der Waals surface area contributed by atoms with E-state index in [9.17, 15) is 20.1 Å². The quantitative estimate of drug-likeness (QED) is 0.0840. The molecule has 7 nitrogen and oxygen atoms in total. The lowest BCUT2D eigenvalue weighted by Gasteiger charge is -2.12. The van der Waals surface area contributed by atoms with E-state index in [1.807, 2.05) is 105 Å². The van der Waals surface area contributed by atoms with E-state index in [-0.39, 0.29) is 17.1 Å². The van der Waals surface area contributed by atoms with Crippen LogP contribution in [0, 0.1) is 13.8 Å². The third kappa shape index (κ3) is 12.3. The Hall–Kier alpha value is -6.90. The van der Waals surface area contributed by atoms with Crippen molar-refractivity contribution in [1.29, 1.82) is 0 Å². The van der Waals surface area contributed by atoms with Gasteiger partial charge in [0.05, 0.1) is 11.3 Å².